The Morgan fingerprint density at radius 2 is 1.64 bits per heavy atom. The lowest BCUT2D eigenvalue weighted by Crippen LogP contribution is -2.47. The molecule has 0 radical (unpaired) electrons. The lowest BCUT2D eigenvalue weighted by Gasteiger charge is -2.37. The van der Waals surface area contributed by atoms with Crippen molar-refractivity contribution in [1.29, 1.82) is 0 Å². The zero-order valence-electron chi connectivity index (χ0n) is 21.4. The molecule has 1 fully saturated rings. The van der Waals surface area contributed by atoms with Crippen LogP contribution in [-0.2, 0) is 0 Å². The first-order valence-corrected chi connectivity index (χ1v) is 12.3. The number of halogens is 3. The van der Waals surface area contributed by atoms with Crippen LogP contribution in [0.1, 0.15) is 34.0 Å². The Labute approximate surface area is 232 Å². The highest BCUT2D eigenvalue weighted by molar-refractivity contribution is 6.31. The molecule has 1 amide bonds. The SMILES string of the molecule is Cc1c(Cl)cccc1N1CCN(CCCN(C)C(=O)c2nc(C)n(-c3ccccc3)c2C)CC1.Cl.Cl. The number of carbonyl (C=O) groups excluding carboxylic acids is 1. The zero-order valence-corrected chi connectivity index (χ0v) is 23.8. The smallest absolute Gasteiger partial charge is 0.274 e. The number of carbonyl (C=O) groups is 1. The molecule has 4 rings (SSSR count). The van der Waals surface area contributed by atoms with E-state index in [9.17, 15) is 4.79 Å². The van der Waals surface area contributed by atoms with Crippen molar-refractivity contribution in [1.82, 2.24) is 19.4 Å². The number of rotatable bonds is 7. The van der Waals surface area contributed by atoms with Crippen molar-refractivity contribution < 1.29 is 4.79 Å². The number of aryl methyl sites for hydroxylation is 1. The summed E-state index contributed by atoms with van der Waals surface area (Å²) in [6.07, 6.45) is 0.940. The maximum atomic E-state index is 13.1. The Hall–Kier alpha value is -2.25. The van der Waals surface area contributed by atoms with Crippen LogP contribution in [0, 0.1) is 20.8 Å². The minimum Gasteiger partial charge on any atom is -0.369 e. The number of hydrogen-bond donors (Lipinski definition) is 0. The average molecular weight is 553 g/mol. The predicted molar refractivity (Wildman–Crippen MR) is 154 cm³/mol. The van der Waals surface area contributed by atoms with Crippen molar-refractivity contribution in [2.75, 3.05) is 51.2 Å². The Morgan fingerprint density at radius 3 is 2.31 bits per heavy atom. The van der Waals surface area contributed by atoms with E-state index < -0.39 is 0 Å². The van der Waals surface area contributed by atoms with Crippen molar-refractivity contribution in [3.8, 4) is 5.69 Å². The third-order valence-electron chi connectivity index (χ3n) is 6.76. The van der Waals surface area contributed by atoms with E-state index in [1.807, 2.05) is 67.9 Å². The van der Waals surface area contributed by atoms with Crippen LogP contribution in [0.25, 0.3) is 5.69 Å². The maximum Gasteiger partial charge on any atom is 0.274 e. The van der Waals surface area contributed by atoms with E-state index in [2.05, 4.69) is 27.8 Å². The van der Waals surface area contributed by atoms with E-state index in [4.69, 9.17) is 11.6 Å². The Bertz CT molecular complexity index is 1140. The molecule has 2 heterocycles. The Balaban J connectivity index is 0.00000228. The monoisotopic (exact) mass is 551 g/mol. The second-order valence-corrected chi connectivity index (χ2v) is 9.46. The largest absolute Gasteiger partial charge is 0.369 e. The van der Waals surface area contributed by atoms with Crippen LogP contribution in [0.15, 0.2) is 48.5 Å². The van der Waals surface area contributed by atoms with E-state index in [0.717, 1.165) is 66.9 Å². The number of benzene rings is 2. The molecule has 0 unspecified atom stereocenters. The minimum absolute atomic E-state index is 0. The molecular formula is C27H36Cl3N5O. The first kappa shape index (κ1) is 30.0. The number of nitrogens with zero attached hydrogens (tertiary/aromatic N) is 5. The average Bonchev–Trinajstić information content (AvgIpc) is 3.15. The molecule has 6 nitrogen and oxygen atoms in total. The van der Waals surface area contributed by atoms with Gasteiger partial charge < -0.3 is 14.4 Å². The highest BCUT2D eigenvalue weighted by atomic mass is 35.5. The molecule has 0 atom stereocenters. The van der Waals surface area contributed by atoms with E-state index >= 15 is 0 Å². The summed E-state index contributed by atoms with van der Waals surface area (Å²) in [6, 6.07) is 16.2. The lowest BCUT2D eigenvalue weighted by molar-refractivity contribution is 0.0782. The van der Waals surface area contributed by atoms with Gasteiger partial charge in [-0.15, -0.1) is 24.8 Å². The number of piperazine rings is 1. The molecule has 196 valence electrons. The molecule has 1 saturated heterocycles. The molecule has 2 aromatic carbocycles. The van der Waals surface area contributed by atoms with Crippen LogP contribution in [0.5, 0.6) is 0 Å². The van der Waals surface area contributed by atoms with E-state index in [-0.39, 0.29) is 30.7 Å². The number of amides is 1. The van der Waals surface area contributed by atoms with Gasteiger partial charge in [-0.25, -0.2) is 4.98 Å². The third kappa shape index (κ3) is 6.54. The molecular weight excluding hydrogens is 517 g/mol. The molecule has 0 saturated carbocycles. The summed E-state index contributed by atoms with van der Waals surface area (Å²) in [4.78, 5) is 24.4. The topological polar surface area (TPSA) is 44.6 Å². The summed E-state index contributed by atoms with van der Waals surface area (Å²) in [5.74, 6) is 0.810. The van der Waals surface area contributed by atoms with E-state index in [0.29, 0.717) is 12.2 Å². The zero-order chi connectivity index (χ0) is 24.2. The van der Waals surface area contributed by atoms with Crippen LogP contribution < -0.4 is 4.90 Å². The molecule has 0 N–H and O–H groups in total. The van der Waals surface area contributed by atoms with Gasteiger partial charge in [0.05, 0.1) is 5.69 Å². The van der Waals surface area contributed by atoms with Gasteiger partial charge in [0.1, 0.15) is 11.5 Å². The molecule has 1 aromatic heterocycles. The molecule has 1 aliphatic heterocycles. The second-order valence-electron chi connectivity index (χ2n) is 9.06. The van der Waals surface area contributed by atoms with Gasteiger partial charge in [-0.1, -0.05) is 35.9 Å². The summed E-state index contributed by atoms with van der Waals surface area (Å²) >= 11 is 6.31. The van der Waals surface area contributed by atoms with Crippen molar-refractivity contribution in [2.45, 2.75) is 27.2 Å². The fraction of sp³-hybridized carbons (Fsp3) is 0.407. The van der Waals surface area contributed by atoms with Crippen LogP contribution in [0.3, 0.4) is 0 Å². The lowest BCUT2D eigenvalue weighted by atomic mass is 10.1. The first-order chi connectivity index (χ1) is 16.4. The van der Waals surface area contributed by atoms with Gasteiger partial charge >= 0.3 is 0 Å². The van der Waals surface area contributed by atoms with Crippen molar-refractivity contribution >= 4 is 48.0 Å². The van der Waals surface area contributed by atoms with Gasteiger partial charge in [-0.2, -0.15) is 0 Å². The van der Waals surface area contributed by atoms with Gasteiger partial charge in [-0.05, 0) is 63.6 Å². The fourth-order valence-corrected chi connectivity index (χ4v) is 4.94. The molecule has 3 aromatic rings. The van der Waals surface area contributed by atoms with Crippen LogP contribution in [0.4, 0.5) is 5.69 Å². The van der Waals surface area contributed by atoms with E-state index in [1.54, 1.807) is 4.90 Å². The van der Waals surface area contributed by atoms with Gasteiger partial charge in [0.15, 0.2) is 0 Å². The van der Waals surface area contributed by atoms with Crippen molar-refractivity contribution in [3.63, 3.8) is 0 Å². The van der Waals surface area contributed by atoms with Crippen LogP contribution in [0.2, 0.25) is 5.02 Å². The van der Waals surface area contributed by atoms with Crippen LogP contribution in [-0.4, -0.2) is 71.6 Å². The summed E-state index contributed by atoms with van der Waals surface area (Å²) in [5.41, 5.74) is 4.83. The summed E-state index contributed by atoms with van der Waals surface area (Å²) in [7, 11) is 1.87. The molecule has 0 aliphatic carbocycles. The van der Waals surface area contributed by atoms with Gasteiger partial charge in [0.25, 0.3) is 5.91 Å². The maximum absolute atomic E-state index is 13.1. The van der Waals surface area contributed by atoms with Crippen molar-refractivity contribution in [2.24, 2.45) is 0 Å². The Kier molecular flexibility index (Phi) is 11.1. The predicted octanol–water partition coefficient (Wildman–Crippen LogP) is 5.58. The molecule has 36 heavy (non-hydrogen) atoms. The first-order valence-electron chi connectivity index (χ1n) is 12.0. The highest BCUT2D eigenvalue weighted by Crippen LogP contribution is 2.27. The number of hydrogen-bond acceptors (Lipinski definition) is 4. The third-order valence-corrected chi connectivity index (χ3v) is 7.17. The molecule has 9 heteroatoms. The molecule has 0 bridgehead atoms. The minimum atomic E-state index is -0.0171. The number of imidazole rings is 1. The molecule has 0 spiro atoms. The number of para-hydroxylation sites is 1. The summed E-state index contributed by atoms with van der Waals surface area (Å²) in [5, 5.41) is 0.826. The van der Waals surface area contributed by atoms with Gasteiger partial charge in [-0.3, -0.25) is 9.69 Å². The quantitative estimate of drug-likeness (QED) is 0.384. The van der Waals surface area contributed by atoms with Gasteiger partial charge in [0, 0.05) is 56.2 Å². The summed E-state index contributed by atoms with van der Waals surface area (Å²) in [6.45, 7) is 11.7. The summed E-state index contributed by atoms with van der Waals surface area (Å²) < 4.78 is 2.04. The highest BCUT2D eigenvalue weighted by Gasteiger charge is 2.22. The second kappa shape index (κ2) is 13.3. The Morgan fingerprint density at radius 1 is 0.972 bits per heavy atom. The van der Waals surface area contributed by atoms with Crippen molar-refractivity contribution in [3.05, 3.63) is 76.3 Å². The number of aromatic nitrogens is 2. The normalized spacial score (nSPS) is 13.6. The van der Waals surface area contributed by atoms with Gasteiger partial charge in [0.2, 0.25) is 0 Å². The van der Waals surface area contributed by atoms with E-state index in [1.165, 1.54) is 5.69 Å². The standard InChI is InChI=1S/C27H34ClN5O.2ClH/c1-20-24(28)12-8-13-25(20)32-18-16-31(17-19-32)15-9-14-30(4)27(34)26-21(2)33(22(3)29-26)23-10-6-5-7-11-23;;/h5-8,10-13H,9,14-19H2,1-4H3;2*1H. The van der Waals surface area contributed by atoms with Crippen LogP contribution >= 0.6 is 36.4 Å². The molecule has 1 aliphatic rings. The fourth-order valence-electron chi connectivity index (χ4n) is 4.77. The number of anilines is 1.